The lowest BCUT2D eigenvalue weighted by Crippen LogP contribution is -2.58. The van der Waals surface area contributed by atoms with Crippen LogP contribution >= 0.6 is 0 Å². The van der Waals surface area contributed by atoms with E-state index in [4.69, 9.17) is 4.74 Å². The lowest BCUT2D eigenvalue weighted by molar-refractivity contribution is 0.315. The number of nitrogens with one attached hydrogen (secondary N) is 1. The first-order valence-corrected chi connectivity index (χ1v) is 17.7. The Morgan fingerprint density at radius 3 is 1.76 bits per heavy atom. The third kappa shape index (κ3) is 7.85. The van der Waals surface area contributed by atoms with E-state index < -0.39 is 8.24 Å². The van der Waals surface area contributed by atoms with Gasteiger partial charge < -0.3 is 9.72 Å². The molecule has 0 radical (unpaired) electrons. The van der Waals surface area contributed by atoms with Crippen LogP contribution in [0.4, 0.5) is 0 Å². The summed E-state index contributed by atoms with van der Waals surface area (Å²) in [5.74, 6) is 4.35. The van der Waals surface area contributed by atoms with Gasteiger partial charge in [-0.1, -0.05) is 110 Å². The van der Waals surface area contributed by atoms with Crippen molar-refractivity contribution in [1.29, 1.82) is 0 Å². The summed E-state index contributed by atoms with van der Waals surface area (Å²) in [5, 5.41) is 0. The molecule has 1 aromatic rings. The lowest BCUT2D eigenvalue weighted by atomic mass is 9.92. The summed E-state index contributed by atoms with van der Waals surface area (Å²) >= 11 is 0. The van der Waals surface area contributed by atoms with Crippen LogP contribution in [-0.2, 0) is 0 Å². The molecule has 5 atom stereocenters. The molecule has 5 unspecified atom stereocenters. The van der Waals surface area contributed by atoms with E-state index >= 15 is 0 Å². The first-order chi connectivity index (χ1) is 16.4. The molecule has 0 saturated heterocycles. The zero-order valence-corrected chi connectivity index (χ0v) is 24.2. The summed E-state index contributed by atoms with van der Waals surface area (Å²) < 4.78 is 6.14. The Bertz CT molecular complexity index is 655. The molecule has 0 aromatic heterocycles. The maximum Gasteiger partial charge on any atom is 0.126 e. The van der Waals surface area contributed by atoms with Crippen LogP contribution in [-0.4, -0.2) is 20.9 Å². The van der Waals surface area contributed by atoms with Crippen molar-refractivity contribution in [2.45, 2.75) is 129 Å². The molecule has 0 bridgehead atoms. The van der Waals surface area contributed by atoms with Gasteiger partial charge in [-0.2, -0.15) is 0 Å². The average molecular weight is 486 g/mol. The average Bonchev–Trinajstić information content (AvgIpc) is 3.02. The SMILES string of the molecule is CC1C(C)C(C)C([Si](C)(CCCOc2ccccc2)NC2CCCCCCCCCCC2)C1C. The standard InChI is InChI=1S/C31H55NOSi/c1-25-26(2)28(4)31(27(25)3)34(5,24-18-23-33-30-21-16-13-17-22-30)32-29-19-14-11-9-7-6-8-10-12-15-20-29/h13,16-17,21-22,25-29,31-32H,6-12,14-15,18-20,23-24H2,1-5H3. The number of hydrogen-bond acceptors (Lipinski definition) is 2. The van der Waals surface area contributed by atoms with Gasteiger partial charge in [-0.3, -0.25) is 0 Å². The molecule has 2 aliphatic rings. The minimum atomic E-state index is -1.67. The van der Waals surface area contributed by atoms with Gasteiger partial charge in [0, 0.05) is 6.04 Å². The topological polar surface area (TPSA) is 21.3 Å². The molecule has 34 heavy (non-hydrogen) atoms. The van der Waals surface area contributed by atoms with Gasteiger partial charge in [-0.25, -0.2) is 0 Å². The Kier molecular flexibility index (Phi) is 11.5. The van der Waals surface area contributed by atoms with E-state index in [1.165, 1.54) is 83.1 Å². The van der Waals surface area contributed by atoms with Crippen molar-refractivity contribution < 1.29 is 4.74 Å². The van der Waals surface area contributed by atoms with Gasteiger partial charge in [0.05, 0.1) is 6.61 Å². The van der Waals surface area contributed by atoms with E-state index in [0.717, 1.165) is 47.6 Å². The van der Waals surface area contributed by atoms with E-state index in [1.807, 2.05) is 0 Å². The summed E-state index contributed by atoms with van der Waals surface area (Å²) in [7, 11) is -1.67. The molecule has 0 amide bonds. The van der Waals surface area contributed by atoms with Crippen molar-refractivity contribution >= 4 is 8.24 Å². The van der Waals surface area contributed by atoms with Crippen molar-refractivity contribution in [2.75, 3.05) is 6.61 Å². The highest BCUT2D eigenvalue weighted by Crippen LogP contribution is 2.54. The summed E-state index contributed by atoms with van der Waals surface area (Å²) in [6.45, 7) is 13.8. The van der Waals surface area contributed by atoms with Crippen LogP contribution in [0, 0.1) is 23.7 Å². The van der Waals surface area contributed by atoms with Gasteiger partial charge in [0.25, 0.3) is 0 Å². The Morgan fingerprint density at radius 2 is 1.24 bits per heavy atom. The molecule has 3 rings (SSSR count). The van der Waals surface area contributed by atoms with Crippen LogP contribution in [0.2, 0.25) is 18.1 Å². The van der Waals surface area contributed by atoms with Gasteiger partial charge in [0.1, 0.15) is 14.0 Å². The predicted octanol–water partition coefficient (Wildman–Crippen LogP) is 9.22. The minimum Gasteiger partial charge on any atom is -0.494 e. The van der Waals surface area contributed by atoms with Crippen LogP contribution in [0.15, 0.2) is 30.3 Å². The minimum absolute atomic E-state index is 0.733. The number of benzene rings is 1. The molecule has 2 fully saturated rings. The van der Waals surface area contributed by atoms with E-state index in [0.29, 0.717) is 0 Å². The predicted molar refractivity (Wildman–Crippen MR) is 151 cm³/mol. The van der Waals surface area contributed by atoms with Crippen LogP contribution in [0.25, 0.3) is 0 Å². The molecule has 0 spiro atoms. The van der Waals surface area contributed by atoms with Gasteiger partial charge in [-0.05, 0) is 66.7 Å². The van der Waals surface area contributed by atoms with Crippen LogP contribution in [0.1, 0.15) is 105 Å². The number of para-hydroxylation sites is 1. The van der Waals surface area contributed by atoms with E-state index in [9.17, 15) is 0 Å². The maximum absolute atomic E-state index is 6.14. The molecule has 2 saturated carbocycles. The van der Waals surface area contributed by atoms with Crippen LogP contribution < -0.4 is 9.72 Å². The first-order valence-electron chi connectivity index (χ1n) is 14.9. The fourth-order valence-electron chi connectivity index (χ4n) is 7.51. The van der Waals surface area contributed by atoms with E-state index in [1.54, 1.807) is 0 Å². The van der Waals surface area contributed by atoms with Crippen molar-refractivity contribution in [3.8, 4) is 5.75 Å². The van der Waals surface area contributed by atoms with Crippen LogP contribution in [0.5, 0.6) is 5.75 Å². The number of rotatable bonds is 8. The molecule has 194 valence electrons. The summed E-state index contributed by atoms with van der Waals surface area (Å²) in [4.78, 5) is 4.51. The van der Waals surface area contributed by atoms with Crippen LogP contribution in [0.3, 0.4) is 0 Å². The van der Waals surface area contributed by atoms with Crippen molar-refractivity contribution in [1.82, 2.24) is 4.98 Å². The highest BCUT2D eigenvalue weighted by molar-refractivity contribution is 6.78. The summed E-state index contributed by atoms with van der Waals surface area (Å²) in [6.07, 6.45) is 16.9. The second kappa shape index (κ2) is 14.1. The second-order valence-corrected chi connectivity index (χ2v) is 16.5. The summed E-state index contributed by atoms with van der Waals surface area (Å²) in [5.41, 5.74) is 0.871. The third-order valence-electron chi connectivity index (χ3n) is 9.85. The molecule has 0 heterocycles. The Morgan fingerprint density at radius 1 is 0.735 bits per heavy atom. The molecule has 1 N–H and O–H groups in total. The molecule has 2 nitrogen and oxygen atoms in total. The Hall–Kier alpha value is -0.803. The third-order valence-corrected chi connectivity index (χ3v) is 14.8. The smallest absolute Gasteiger partial charge is 0.126 e. The van der Waals surface area contributed by atoms with Gasteiger partial charge in [0.2, 0.25) is 0 Å². The summed E-state index contributed by atoms with van der Waals surface area (Å²) in [6, 6.07) is 12.5. The normalized spacial score (nSPS) is 31.9. The number of ether oxygens (including phenoxy) is 1. The first kappa shape index (κ1) is 27.8. The zero-order valence-electron chi connectivity index (χ0n) is 23.2. The molecular formula is C31H55NOSi. The Balaban J connectivity index is 1.68. The zero-order chi connectivity index (χ0) is 24.4. The largest absolute Gasteiger partial charge is 0.494 e. The highest BCUT2D eigenvalue weighted by Gasteiger charge is 2.51. The molecule has 1 aromatic carbocycles. The number of hydrogen-bond donors (Lipinski definition) is 1. The van der Waals surface area contributed by atoms with Gasteiger partial charge >= 0.3 is 0 Å². The van der Waals surface area contributed by atoms with E-state index in [2.05, 4.69) is 69.6 Å². The second-order valence-electron chi connectivity index (χ2n) is 12.2. The van der Waals surface area contributed by atoms with Crippen molar-refractivity contribution in [3.63, 3.8) is 0 Å². The monoisotopic (exact) mass is 485 g/mol. The fraction of sp³-hybridized carbons (Fsp3) is 0.806. The lowest BCUT2D eigenvalue weighted by Gasteiger charge is -2.43. The van der Waals surface area contributed by atoms with E-state index in [-0.39, 0.29) is 0 Å². The van der Waals surface area contributed by atoms with Gasteiger partial charge in [0.15, 0.2) is 0 Å². The maximum atomic E-state index is 6.14. The van der Waals surface area contributed by atoms with Gasteiger partial charge in [-0.15, -0.1) is 0 Å². The molecule has 0 aliphatic heterocycles. The van der Waals surface area contributed by atoms with Crippen molar-refractivity contribution in [3.05, 3.63) is 30.3 Å². The Labute approximate surface area is 213 Å². The van der Waals surface area contributed by atoms with Crippen molar-refractivity contribution in [2.24, 2.45) is 23.7 Å². The molecule has 3 heteroatoms. The quantitative estimate of drug-likeness (QED) is 0.292. The molecular weight excluding hydrogens is 430 g/mol. The fourth-order valence-corrected chi connectivity index (χ4v) is 13.2. The molecule has 2 aliphatic carbocycles. The highest BCUT2D eigenvalue weighted by atomic mass is 28.3.